The van der Waals surface area contributed by atoms with E-state index in [4.69, 9.17) is 21.1 Å². The number of esters is 2. The first kappa shape index (κ1) is 23.2. The molecule has 1 aliphatic heterocycles. The summed E-state index contributed by atoms with van der Waals surface area (Å²) in [6.07, 6.45) is 1.49. The minimum absolute atomic E-state index is 0.0119. The Labute approximate surface area is 185 Å². The number of nitrogens with one attached hydrogen (secondary N) is 1. The molecule has 0 saturated carbocycles. The van der Waals surface area contributed by atoms with Gasteiger partial charge in [0.05, 0.1) is 29.4 Å². The van der Waals surface area contributed by atoms with Crippen molar-refractivity contribution in [2.75, 3.05) is 20.3 Å². The maximum Gasteiger partial charge on any atom is 0.338 e. The molecule has 3 rings (SSSR count). The molecular weight excluding hydrogens is 446 g/mol. The van der Waals surface area contributed by atoms with E-state index in [-0.39, 0.29) is 34.7 Å². The van der Waals surface area contributed by atoms with Gasteiger partial charge in [-0.3, -0.25) is 0 Å². The highest BCUT2D eigenvalue weighted by Crippen LogP contribution is 2.24. The molecule has 1 saturated heterocycles. The summed E-state index contributed by atoms with van der Waals surface area (Å²) >= 11 is 6.07. The molecule has 1 fully saturated rings. The first-order valence-electron chi connectivity index (χ1n) is 9.55. The number of ether oxygens (including phenoxy) is 3. The average molecular weight is 468 g/mol. The van der Waals surface area contributed by atoms with Crippen LogP contribution >= 0.6 is 11.6 Å². The Morgan fingerprint density at radius 3 is 2.65 bits per heavy atom. The number of halogens is 1. The van der Waals surface area contributed by atoms with Crippen molar-refractivity contribution in [3.05, 3.63) is 64.2 Å². The number of carbonyl (C=O) groups excluding carboxylic acids is 2. The Morgan fingerprint density at radius 1 is 1.16 bits per heavy atom. The van der Waals surface area contributed by atoms with Crippen molar-refractivity contribution in [2.45, 2.75) is 30.4 Å². The summed E-state index contributed by atoms with van der Waals surface area (Å²) in [5.74, 6) is -1.23. The summed E-state index contributed by atoms with van der Waals surface area (Å²) < 4.78 is 43.1. The number of sulfonamides is 1. The first-order valence-corrected chi connectivity index (χ1v) is 11.4. The van der Waals surface area contributed by atoms with Gasteiger partial charge >= 0.3 is 11.9 Å². The van der Waals surface area contributed by atoms with Crippen LogP contribution in [0.1, 0.15) is 39.1 Å². The molecule has 10 heteroatoms. The maximum atomic E-state index is 12.6. The average Bonchev–Trinajstić information content (AvgIpc) is 3.30. The fourth-order valence-corrected chi connectivity index (χ4v) is 4.65. The van der Waals surface area contributed by atoms with Crippen molar-refractivity contribution in [1.82, 2.24) is 4.72 Å². The van der Waals surface area contributed by atoms with Crippen molar-refractivity contribution < 1.29 is 32.2 Å². The number of methoxy groups -OCH3 is 1. The molecule has 1 aliphatic rings. The molecule has 0 amide bonds. The van der Waals surface area contributed by atoms with Crippen LogP contribution < -0.4 is 4.72 Å². The molecule has 1 atom stereocenters. The van der Waals surface area contributed by atoms with Gasteiger partial charge in [-0.1, -0.05) is 23.7 Å². The number of rotatable bonds is 8. The van der Waals surface area contributed by atoms with Crippen LogP contribution in [0.3, 0.4) is 0 Å². The Kier molecular flexibility index (Phi) is 7.66. The van der Waals surface area contributed by atoms with Crippen LogP contribution in [0.2, 0.25) is 5.02 Å². The summed E-state index contributed by atoms with van der Waals surface area (Å²) in [5.41, 5.74) is 0.940. The summed E-state index contributed by atoms with van der Waals surface area (Å²) in [6.45, 7) is 0.631. The third-order valence-corrected chi connectivity index (χ3v) is 6.60. The standard InChI is InChI=1S/C21H22ClNO7S/c1-28-20(24)15-5-2-4-14(10-15)13-30-21(25)16-7-8-18(22)19(11-16)31(26,27)23-12-17-6-3-9-29-17/h2,4-5,7-8,10-11,17,23H,3,6,9,12-13H2,1H3. The Hall–Kier alpha value is -2.46. The Morgan fingerprint density at radius 2 is 1.94 bits per heavy atom. The summed E-state index contributed by atoms with van der Waals surface area (Å²) in [5, 5.41) is -0.0119. The Balaban J connectivity index is 1.68. The van der Waals surface area contributed by atoms with Gasteiger partial charge in [0.25, 0.3) is 0 Å². The maximum absolute atomic E-state index is 12.6. The van der Waals surface area contributed by atoms with E-state index in [1.54, 1.807) is 24.3 Å². The highest BCUT2D eigenvalue weighted by Gasteiger charge is 2.23. The SMILES string of the molecule is COC(=O)c1cccc(COC(=O)c2ccc(Cl)c(S(=O)(=O)NCC3CCCO3)c2)c1. The molecule has 0 aromatic heterocycles. The molecule has 1 N–H and O–H groups in total. The van der Waals surface area contributed by atoms with Crippen LogP contribution in [0.5, 0.6) is 0 Å². The molecule has 8 nitrogen and oxygen atoms in total. The van der Waals surface area contributed by atoms with Crippen LogP contribution in [0, 0.1) is 0 Å². The van der Waals surface area contributed by atoms with E-state index in [2.05, 4.69) is 9.46 Å². The minimum Gasteiger partial charge on any atom is -0.465 e. The third kappa shape index (κ3) is 6.04. The lowest BCUT2D eigenvalue weighted by Crippen LogP contribution is -2.32. The molecular formula is C21H22ClNO7S. The van der Waals surface area contributed by atoms with Crippen LogP contribution in [-0.4, -0.2) is 46.7 Å². The van der Waals surface area contributed by atoms with Gasteiger partial charge in [0.15, 0.2) is 0 Å². The molecule has 0 spiro atoms. The van der Waals surface area contributed by atoms with Crippen LogP contribution in [0.15, 0.2) is 47.4 Å². The molecule has 1 unspecified atom stereocenters. The minimum atomic E-state index is -3.94. The van der Waals surface area contributed by atoms with E-state index in [0.29, 0.717) is 17.7 Å². The largest absolute Gasteiger partial charge is 0.465 e. The second-order valence-corrected chi connectivity index (χ2v) is 9.04. The third-order valence-electron chi connectivity index (χ3n) is 4.70. The normalized spacial score (nSPS) is 16.1. The first-order chi connectivity index (χ1) is 14.8. The van der Waals surface area contributed by atoms with E-state index < -0.39 is 22.0 Å². The van der Waals surface area contributed by atoms with E-state index in [0.717, 1.165) is 12.8 Å². The second-order valence-electron chi connectivity index (χ2n) is 6.90. The van der Waals surface area contributed by atoms with Crippen molar-refractivity contribution in [3.63, 3.8) is 0 Å². The van der Waals surface area contributed by atoms with E-state index in [9.17, 15) is 18.0 Å². The fraction of sp³-hybridized carbons (Fsp3) is 0.333. The quantitative estimate of drug-likeness (QED) is 0.594. The second kappa shape index (κ2) is 10.2. The summed E-state index contributed by atoms with van der Waals surface area (Å²) in [6, 6.07) is 10.3. The molecule has 0 aliphatic carbocycles. The smallest absolute Gasteiger partial charge is 0.338 e. The molecule has 166 valence electrons. The highest BCUT2D eigenvalue weighted by molar-refractivity contribution is 7.89. The molecule has 31 heavy (non-hydrogen) atoms. The van der Waals surface area contributed by atoms with Gasteiger partial charge in [-0.05, 0) is 48.7 Å². The van der Waals surface area contributed by atoms with E-state index in [1.807, 2.05) is 0 Å². The zero-order chi connectivity index (χ0) is 22.4. The Bertz CT molecular complexity index is 1070. The predicted octanol–water partition coefficient (Wildman–Crippen LogP) is 2.94. The van der Waals surface area contributed by atoms with Crippen molar-refractivity contribution >= 4 is 33.6 Å². The molecule has 2 aromatic carbocycles. The van der Waals surface area contributed by atoms with Gasteiger partial charge in [-0.2, -0.15) is 0 Å². The van der Waals surface area contributed by atoms with E-state index >= 15 is 0 Å². The van der Waals surface area contributed by atoms with Gasteiger partial charge in [-0.25, -0.2) is 22.7 Å². The number of benzene rings is 2. The van der Waals surface area contributed by atoms with Crippen LogP contribution in [0.25, 0.3) is 0 Å². The van der Waals surface area contributed by atoms with Crippen molar-refractivity contribution in [1.29, 1.82) is 0 Å². The molecule has 0 bridgehead atoms. The molecule has 2 aromatic rings. The van der Waals surface area contributed by atoms with Crippen molar-refractivity contribution in [2.24, 2.45) is 0 Å². The summed E-state index contributed by atoms with van der Waals surface area (Å²) in [4.78, 5) is 23.9. The van der Waals surface area contributed by atoms with Crippen molar-refractivity contribution in [3.8, 4) is 0 Å². The highest BCUT2D eigenvalue weighted by atomic mass is 35.5. The van der Waals surface area contributed by atoms with E-state index in [1.165, 1.54) is 25.3 Å². The van der Waals surface area contributed by atoms with Crippen LogP contribution in [0.4, 0.5) is 0 Å². The molecule has 1 heterocycles. The lowest BCUT2D eigenvalue weighted by atomic mass is 10.1. The molecule has 0 radical (unpaired) electrons. The predicted molar refractivity (Wildman–Crippen MR) is 113 cm³/mol. The number of hydrogen-bond donors (Lipinski definition) is 1. The van der Waals surface area contributed by atoms with Gasteiger partial charge in [-0.15, -0.1) is 0 Å². The lowest BCUT2D eigenvalue weighted by Gasteiger charge is -2.13. The van der Waals surface area contributed by atoms with Gasteiger partial charge < -0.3 is 14.2 Å². The zero-order valence-electron chi connectivity index (χ0n) is 16.8. The monoisotopic (exact) mass is 467 g/mol. The summed E-state index contributed by atoms with van der Waals surface area (Å²) in [7, 11) is -2.67. The van der Waals surface area contributed by atoms with Crippen LogP contribution in [-0.2, 0) is 30.8 Å². The van der Waals surface area contributed by atoms with Gasteiger partial charge in [0.2, 0.25) is 10.0 Å². The number of carbonyl (C=O) groups is 2. The number of hydrogen-bond acceptors (Lipinski definition) is 7. The van der Waals surface area contributed by atoms with Gasteiger partial charge in [0, 0.05) is 13.2 Å². The topological polar surface area (TPSA) is 108 Å². The lowest BCUT2D eigenvalue weighted by molar-refractivity contribution is 0.0472. The fourth-order valence-electron chi connectivity index (χ4n) is 3.06. The zero-order valence-corrected chi connectivity index (χ0v) is 18.4. The van der Waals surface area contributed by atoms with Gasteiger partial charge in [0.1, 0.15) is 11.5 Å².